The van der Waals surface area contributed by atoms with Gasteiger partial charge in [0.2, 0.25) is 5.89 Å². The zero-order valence-corrected chi connectivity index (χ0v) is 9.64. The van der Waals surface area contributed by atoms with Crippen LogP contribution in [0.2, 0.25) is 0 Å². The first-order valence-corrected chi connectivity index (χ1v) is 4.91. The molecule has 0 aliphatic heterocycles. The van der Waals surface area contributed by atoms with E-state index in [1.165, 1.54) is 32.4 Å². The highest BCUT2D eigenvalue weighted by molar-refractivity contribution is 5.84. The Morgan fingerprint density at radius 1 is 1.33 bits per heavy atom. The maximum absolute atomic E-state index is 13.2. The second kappa shape index (κ2) is 4.82. The fourth-order valence-electron chi connectivity index (χ4n) is 1.30. The summed E-state index contributed by atoms with van der Waals surface area (Å²) in [5.74, 6) is -1.38. The average molecular weight is 252 g/mol. The van der Waals surface area contributed by atoms with Crippen LogP contribution < -0.4 is 4.74 Å². The minimum atomic E-state index is -0.733. The van der Waals surface area contributed by atoms with Crippen molar-refractivity contribution in [2.24, 2.45) is 0 Å². The number of nitrogens with zero attached hydrogens (tertiary/aromatic N) is 2. The van der Waals surface area contributed by atoms with Crippen LogP contribution in [-0.4, -0.2) is 30.4 Å². The number of ether oxygens (including phenoxy) is 2. The molecule has 0 bridgehead atoms. The number of carbonyl (C=O) groups is 1. The lowest BCUT2D eigenvalue weighted by Gasteiger charge is -2.02. The second-order valence-electron chi connectivity index (χ2n) is 3.25. The van der Waals surface area contributed by atoms with Gasteiger partial charge in [-0.1, -0.05) is 0 Å². The van der Waals surface area contributed by atoms with Gasteiger partial charge < -0.3 is 13.9 Å². The Morgan fingerprint density at radius 3 is 2.78 bits per heavy atom. The largest absolute Gasteiger partial charge is 0.494 e. The second-order valence-corrected chi connectivity index (χ2v) is 3.25. The van der Waals surface area contributed by atoms with E-state index in [2.05, 4.69) is 14.9 Å². The molecule has 0 saturated heterocycles. The number of aromatic nitrogens is 2. The van der Waals surface area contributed by atoms with E-state index in [4.69, 9.17) is 9.15 Å². The van der Waals surface area contributed by atoms with Gasteiger partial charge in [-0.15, -0.1) is 10.2 Å². The van der Waals surface area contributed by atoms with Crippen LogP contribution in [0.25, 0.3) is 11.5 Å². The zero-order chi connectivity index (χ0) is 13.1. The summed E-state index contributed by atoms with van der Waals surface area (Å²) < 4.78 is 27.6. The van der Waals surface area contributed by atoms with E-state index in [0.717, 1.165) is 0 Å². The monoisotopic (exact) mass is 252 g/mol. The van der Waals surface area contributed by atoms with Crippen LogP contribution in [0.3, 0.4) is 0 Å². The van der Waals surface area contributed by atoms with Crippen molar-refractivity contribution in [1.82, 2.24) is 10.2 Å². The van der Waals surface area contributed by atoms with E-state index in [0.29, 0.717) is 5.56 Å². The smallest absolute Gasteiger partial charge is 0.396 e. The Morgan fingerprint density at radius 2 is 2.11 bits per heavy atom. The molecule has 2 rings (SSSR count). The van der Waals surface area contributed by atoms with Crippen molar-refractivity contribution in [3.63, 3.8) is 0 Å². The Balaban J connectivity index is 2.37. The predicted octanol–water partition coefficient (Wildman–Crippen LogP) is 1.67. The quantitative estimate of drug-likeness (QED) is 0.773. The number of hydrogen-bond donors (Lipinski definition) is 0. The van der Waals surface area contributed by atoms with Gasteiger partial charge in [0.05, 0.1) is 14.2 Å². The van der Waals surface area contributed by atoms with Gasteiger partial charge in [0, 0.05) is 5.56 Å². The first-order chi connectivity index (χ1) is 8.65. The number of carbonyl (C=O) groups excluding carboxylic acids is 1. The van der Waals surface area contributed by atoms with E-state index in [1.54, 1.807) is 0 Å². The molecule has 0 N–H and O–H groups in total. The first-order valence-electron chi connectivity index (χ1n) is 4.91. The van der Waals surface area contributed by atoms with Gasteiger partial charge in [-0.2, -0.15) is 0 Å². The predicted molar refractivity (Wildman–Crippen MR) is 57.6 cm³/mol. The van der Waals surface area contributed by atoms with Crippen LogP contribution in [0.4, 0.5) is 4.39 Å². The molecule has 0 unspecified atom stereocenters. The molecule has 94 valence electrons. The van der Waals surface area contributed by atoms with Crippen molar-refractivity contribution in [3.8, 4) is 17.2 Å². The van der Waals surface area contributed by atoms with E-state index in [9.17, 15) is 9.18 Å². The molecule has 2 aromatic rings. The summed E-state index contributed by atoms with van der Waals surface area (Å²) in [6, 6.07) is 4.03. The van der Waals surface area contributed by atoms with Gasteiger partial charge in [-0.3, -0.25) is 0 Å². The number of hydrogen-bond acceptors (Lipinski definition) is 6. The number of benzene rings is 1. The molecule has 18 heavy (non-hydrogen) atoms. The van der Waals surface area contributed by atoms with Crippen molar-refractivity contribution >= 4 is 5.97 Å². The molecular weight excluding hydrogens is 243 g/mol. The van der Waals surface area contributed by atoms with Crippen LogP contribution in [0.1, 0.15) is 10.7 Å². The molecule has 0 radical (unpaired) electrons. The van der Waals surface area contributed by atoms with Gasteiger partial charge in [0.15, 0.2) is 11.6 Å². The third-order valence-electron chi connectivity index (χ3n) is 2.18. The lowest BCUT2D eigenvalue weighted by Crippen LogP contribution is -2.00. The minimum Gasteiger partial charge on any atom is -0.494 e. The summed E-state index contributed by atoms with van der Waals surface area (Å²) in [7, 11) is 2.54. The summed E-state index contributed by atoms with van der Waals surface area (Å²) in [6.07, 6.45) is 0. The third-order valence-corrected chi connectivity index (χ3v) is 2.18. The highest BCUT2D eigenvalue weighted by Gasteiger charge is 2.17. The van der Waals surface area contributed by atoms with Crippen LogP contribution in [0.5, 0.6) is 5.75 Å². The van der Waals surface area contributed by atoms with Crippen LogP contribution >= 0.6 is 0 Å². The van der Waals surface area contributed by atoms with Crippen molar-refractivity contribution in [2.45, 2.75) is 0 Å². The summed E-state index contributed by atoms with van der Waals surface area (Å²) in [4.78, 5) is 11.1. The van der Waals surface area contributed by atoms with E-state index >= 15 is 0 Å². The molecule has 0 amide bonds. The fraction of sp³-hybridized carbons (Fsp3) is 0.182. The SMILES string of the molecule is COC(=O)c1nnc(-c2ccc(F)c(OC)c2)o1. The Hall–Kier alpha value is -2.44. The molecule has 0 spiro atoms. The number of esters is 1. The van der Waals surface area contributed by atoms with Crippen molar-refractivity contribution < 1.29 is 23.1 Å². The highest BCUT2D eigenvalue weighted by atomic mass is 19.1. The van der Waals surface area contributed by atoms with Gasteiger partial charge in [0.25, 0.3) is 0 Å². The highest BCUT2D eigenvalue weighted by Crippen LogP contribution is 2.25. The standard InChI is InChI=1S/C11H9FN2O4/c1-16-8-5-6(3-4-7(8)12)9-13-14-10(18-9)11(15)17-2/h3-5H,1-2H3. The Bertz CT molecular complexity index is 582. The van der Waals surface area contributed by atoms with Crippen LogP contribution in [-0.2, 0) is 4.74 Å². The van der Waals surface area contributed by atoms with Crippen molar-refractivity contribution in [3.05, 3.63) is 29.9 Å². The summed E-state index contributed by atoms with van der Waals surface area (Å²) in [5.41, 5.74) is 0.441. The molecule has 0 atom stereocenters. The van der Waals surface area contributed by atoms with Gasteiger partial charge in [0.1, 0.15) is 0 Å². The molecule has 1 aromatic heterocycles. The first kappa shape index (κ1) is 12.0. The summed E-state index contributed by atoms with van der Waals surface area (Å²) >= 11 is 0. The zero-order valence-electron chi connectivity index (χ0n) is 9.64. The molecule has 0 aliphatic rings. The normalized spacial score (nSPS) is 10.2. The maximum atomic E-state index is 13.2. The van der Waals surface area contributed by atoms with E-state index in [1.807, 2.05) is 0 Å². The van der Waals surface area contributed by atoms with E-state index in [-0.39, 0.29) is 17.5 Å². The third kappa shape index (κ3) is 2.15. The molecule has 0 saturated carbocycles. The number of methoxy groups -OCH3 is 2. The molecule has 0 aliphatic carbocycles. The topological polar surface area (TPSA) is 74.5 Å². The molecule has 1 aromatic carbocycles. The van der Waals surface area contributed by atoms with Gasteiger partial charge in [-0.25, -0.2) is 9.18 Å². The fourth-order valence-corrected chi connectivity index (χ4v) is 1.30. The molecule has 1 heterocycles. The van der Waals surface area contributed by atoms with Crippen molar-refractivity contribution in [1.29, 1.82) is 0 Å². The average Bonchev–Trinajstić information content (AvgIpc) is 2.88. The maximum Gasteiger partial charge on any atom is 0.396 e. The molecular formula is C11H9FN2O4. The Labute approximate surface area is 101 Å². The van der Waals surface area contributed by atoms with Gasteiger partial charge >= 0.3 is 11.9 Å². The summed E-state index contributed by atoms with van der Waals surface area (Å²) in [6.45, 7) is 0. The summed E-state index contributed by atoms with van der Waals surface area (Å²) in [5, 5.41) is 7.18. The van der Waals surface area contributed by atoms with Crippen LogP contribution in [0.15, 0.2) is 22.6 Å². The van der Waals surface area contributed by atoms with Crippen LogP contribution in [0, 0.1) is 5.82 Å². The minimum absolute atomic E-state index is 0.0466. The molecule has 7 heteroatoms. The van der Waals surface area contributed by atoms with Gasteiger partial charge in [-0.05, 0) is 18.2 Å². The molecule has 6 nitrogen and oxygen atoms in total. The Kier molecular flexibility index (Phi) is 3.22. The van der Waals surface area contributed by atoms with E-state index < -0.39 is 11.8 Å². The number of halogens is 1. The number of rotatable bonds is 3. The lowest BCUT2D eigenvalue weighted by atomic mass is 10.2. The van der Waals surface area contributed by atoms with Crippen molar-refractivity contribution in [2.75, 3.05) is 14.2 Å². The lowest BCUT2D eigenvalue weighted by molar-refractivity contribution is 0.0556. The molecule has 0 fully saturated rings.